The van der Waals surface area contributed by atoms with Gasteiger partial charge in [-0.25, -0.2) is 4.79 Å². The smallest absolute Gasteiger partial charge is 0.433 e. The summed E-state index contributed by atoms with van der Waals surface area (Å²) >= 11 is 0. The zero-order valence-corrected chi connectivity index (χ0v) is 31.0. The van der Waals surface area contributed by atoms with Crippen molar-refractivity contribution in [3.05, 3.63) is 148 Å². The topological polar surface area (TPSA) is 160 Å². The van der Waals surface area contributed by atoms with Crippen molar-refractivity contribution in [2.24, 2.45) is 0 Å². The normalized spacial score (nSPS) is 14.2. The molecule has 0 bridgehead atoms. The first-order chi connectivity index (χ1) is 27.0. The van der Waals surface area contributed by atoms with Gasteiger partial charge in [0, 0.05) is 55.6 Å². The molecule has 0 aliphatic carbocycles. The molecule has 2 fully saturated rings. The maximum atomic E-state index is 12.9. The van der Waals surface area contributed by atoms with Crippen molar-refractivity contribution in [1.82, 2.24) is 20.1 Å². The third-order valence-corrected chi connectivity index (χ3v) is 9.51. The number of aromatic nitrogens is 1. The number of nitrogens with zero attached hydrogens (tertiary/aromatic N) is 3. The number of benzene rings is 4. The van der Waals surface area contributed by atoms with Crippen LogP contribution < -0.4 is 5.32 Å². The number of alkyl halides is 3. The Morgan fingerprint density at radius 1 is 0.649 bits per heavy atom. The summed E-state index contributed by atoms with van der Waals surface area (Å²) < 4.78 is 38.1. The van der Waals surface area contributed by atoms with Crippen LogP contribution in [0.5, 0.6) is 0 Å². The van der Waals surface area contributed by atoms with Crippen LogP contribution in [-0.2, 0) is 12.7 Å². The fraction of sp³-hybridized carbons (Fsp3) is 0.233. The van der Waals surface area contributed by atoms with E-state index >= 15 is 0 Å². The molecule has 0 atom stereocenters. The number of carboxylic acids is 1. The number of aliphatic hydroxyl groups is 2. The molecule has 11 nitrogen and oxygen atoms in total. The standard InChI is InChI=1S/C25H22F3N3O3.C18H17NO4/c1-15-2-5-17(6-3-15)18-8-19(10-20(9-18)24(34)31-13-21(32)14-31)23(33)30-12-16-4-7-22(29-11-16)25(26,27)28;1-11-2-4-12(5-3-11)13-6-14(8-15(7-13)18(22)23)17(21)19-9-16(20)10-19/h2-11,21,32H,12-14H2,1H3,(H,30,33);2-8,16,20H,9-10H2,1H3,(H,22,23). The van der Waals surface area contributed by atoms with Gasteiger partial charge in [-0.1, -0.05) is 65.7 Å². The summed E-state index contributed by atoms with van der Waals surface area (Å²) in [5.41, 5.74) is 5.56. The third-order valence-electron chi connectivity index (χ3n) is 9.51. The second kappa shape index (κ2) is 16.8. The van der Waals surface area contributed by atoms with Crippen molar-refractivity contribution in [1.29, 1.82) is 0 Å². The van der Waals surface area contributed by atoms with Crippen LogP contribution in [0.15, 0.2) is 103 Å². The fourth-order valence-corrected chi connectivity index (χ4v) is 6.17. The molecule has 4 N–H and O–H groups in total. The van der Waals surface area contributed by atoms with E-state index in [9.17, 15) is 47.7 Å². The van der Waals surface area contributed by atoms with Gasteiger partial charge in [0.15, 0.2) is 0 Å². The minimum absolute atomic E-state index is 0.0275. The number of hydrogen-bond acceptors (Lipinski definition) is 7. The number of halogens is 3. The highest BCUT2D eigenvalue weighted by Gasteiger charge is 2.33. The van der Waals surface area contributed by atoms with Gasteiger partial charge in [-0.15, -0.1) is 0 Å². The van der Waals surface area contributed by atoms with E-state index in [1.165, 1.54) is 28.0 Å². The lowest BCUT2D eigenvalue weighted by Gasteiger charge is -2.36. The SMILES string of the molecule is Cc1ccc(-c2cc(C(=O)NCc3ccc(C(F)(F)F)nc3)cc(C(=O)N3CC(O)C3)c2)cc1.Cc1ccc(-c2cc(C(=O)O)cc(C(=O)N3CC(O)C3)c2)cc1. The van der Waals surface area contributed by atoms with Crippen LogP contribution in [0.1, 0.15) is 63.8 Å². The lowest BCUT2D eigenvalue weighted by Crippen LogP contribution is -2.53. The Balaban J connectivity index is 0.000000208. The number of aliphatic hydroxyl groups excluding tert-OH is 2. The maximum Gasteiger partial charge on any atom is 0.433 e. The summed E-state index contributed by atoms with van der Waals surface area (Å²) in [5.74, 6) is -2.10. The number of β-amino-alcohol motifs (C(OH)–C–C–N with tert-alkyl or cyclic N) is 2. The van der Waals surface area contributed by atoms with Gasteiger partial charge in [0.25, 0.3) is 17.7 Å². The molecule has 14 heteroatoms. The number of carbonyl (C=O) groups is 4. The number of amides is 3. The molecule has 3 amide bonds. The van der Waals surface area contributed by atoms with Crippen molar-refractivity contribution in [2.75, 3.05) is 26.2 Å². The number of aromatic carboxylic acids is 1. The predicted molar refractivity (Wildman–Crippen MR) is 204 cm³/mol. The Labute approximate surface area is 326 Å². The molecule has 0 saturated carbocycles. The van der Waals surface area contributed by atoms with E-state index in [0.29, 0.717) is 27.8 Å². The van der Waals surface area contributed by atoms with Gasteiger partial charge in [-0.3, -0.25) is 19.4 Å². The first-order valence-electron chi connectivity index (χ1n) is 18.0. The third kappa shape index (κ3) is 9.90. The second-order valence-electron chi connectivity index (χ2n) is 14.1. The van der Waals surface area contributed by atoms with Crippen LogP contribution in [0, 0.1) is 13.8 Å². The molecule has 7 rings (SSSR count). The van der Waals surface area contributed by atoms with Gasteiger partial charge in [0.2, 0.25) is 0 Å². The molecule has 4 aromatic carbocycles. The molecule has 294 valence electrons. The van der Waals surface area contributed by atoms with E-state index in [2.05, 4.69) is 10.3 Å². The molecule has 0 radical (unpaired) electrons. The van der Waals surface area contributed by atoms with Gasteiger partial charge >= 0.3 is 12.1 Å². The lowest BCUT2D eigenvalue weighted by molar-refractivity contribution is -0.141. The number of likely N-dealkylation sites (tertiary alicyclic amines) is 2. The van der Waals surface area contributed by atoms with Crippen molar-refractivity contribution in [3.8, 4) is 22.3 Å². The Kier molecular flexibility index (Phi) is 11.9. The molecule has 0 spiro atoms. The Hall–Kier alpha value is -6.38. The summed E-state index contributed by atoms with van der Waals surface area (Å²) in [5, 5.41) is 30.8. The number of pyridine rings is 1. The van der Waals surface area contributed by atoms with E-state index in [1.807, 2.05) is 62.4 Å². The molecule has 2 aliphatic rings. The van der Waals surface area contributed by atoms with Crippen LogP contribution in [0.3, 0.4) is 0 Å². The summed E-state index contributed by atoms with van der Waals surface area (Å²) in [6.45, 7) is 4.94. The highest BCUT2D eigenvalue weighted by molar-refractivity contribution is 6.02. The Morgan fingerprint density at radius 2 is 1.09 bits per heavy atom. The van der Waals surface area contributed by atoms with Gasteiger partial charge in [-0.05, 0) is 84.1 Å². The minimum atomic E-state index is -4.53. The van der Waals surface area contributed by atoms with Crippen LogP contribution in [-0.4, -0.2) is 92.2 Å². The molecule has 57 heavy (non-hydrogen) atoms. The van der Waals surface area contributed by atoms with Crippen molar-refractivity contribution < 1.29 is 47.7 Å². The van der Waals surface area contributed by atoms with Crippen LogP contribution in [0.2, 0.25) is 0 Å². The first kappa shape index (κ1) is 40.3. The molecular weight excluding hydrogens is 741 g/mol. The van der Waals surface area contributed by atoms with E-state index < -0.39 is 36.0 Å². The number of carbonyl (C=O) groups excluding carboxylic acids is 3. The molecule has 3 heterocycles. The number of aryl methyl sites for hydroxylation is 2. The lowest BCUT2D eigenvalue weighted by atomic mass is 9.97. The van der Waals surface area contributed by atoms with E-state index in [0.717, 1.165) is 34.5 Å². The zero-order valence-electron chi connectivity index (χ0n) is 31.0. The summed E-state index contributed by atoms with van der Waals surface area (Å²) in [6, 6.07) is 26.9. The van der Waals surface area contributed by atoms with Gasteiger partial charge in [0.05, 0.1) is 17.8 Å². The van der Waals surface area contributed by atoms with Crippen molar-refractivity contribution in [3.63, 3.8) is 0 Å². The monoisotopic (exact) mass is 780 g/mol. The van der Waals surface area contributed by atoms with Gasteiger partial charge in [0.1, 0.15) is 5.69 Å². The highest BCUT2D eigenvalue weighted by atomic mass is 19.4. The Morgan fingerprint density at radius 3 is 1.49 bits per heavy atom. The predicted octanol–water partition coefficient (Wildman–Crippen LogP) is 6.00. The van der Waals surface area contributed by atoms with E-state index in [-0.39, 0.29) is 55.7 Å². The van der Waals surface area contributed by atoms with E-state index in [1.54, 1.807) is 24.3 Å². The molecule has 0 unspecified atom stereocenters. The molecule has 2 aliphatic heterocycles. The highest BCUT2D eigenvalue weighted by Crippen LogP contribution is 2.28. The quantitative estimate of drug-likeness (QED) is 0.149. The van der Waals surface area contributed by atoms with E-state index in [4.69, 9.17) is 0 Å². The number of carboxylic acid groups (broad SMARTS) is 1. The summed E-state index contributed by atoms with van der Waals surface area (Å²) in [7, 11) is 0. The van der Waals surface area contributed by atoms with Gasteiger partial charge in [-0.2, -0.15) is 13.2 Å². The largest absolute Gasteiger partial charge is 0.478 e. The average Bonchev–Trinajstić information content (AvgIpc) is 3.17. The number of hydrogen-bond donors (Lipinski definition) is 4. The van der Waals surface area contributed by atoms with Crippen LogP contribution in [0.25, 0.3) is 22.3 Å². The average molecular weight is 781 g/mol. The maximum absolute atomic E-state index is 12.9. The number of nitrogens with one attached hydrogen (secondary N) is 1. The first-order valence-corrected chi connectivity index (χ1v) is 18.0. The minimum Gasteiger partial charge on any atom is -0.478 e. The Bertz CT molecular complexity index is 2280. The van der Waals surface area contributed by atoms with Gasteiger partial charge < -0.3 is 30.4 Å². The van der Waals surface area contributed by atoms with Crippen LogP contribution >= 0.6 is 0 Å². The van der Waals surface area contributed by atoms with Crippen molar-refractivity contribution >= 4 is 23.7 Å². The van der Waals surface area contributed by atoms with Crippen molar-refractivity contribution in [2.45, 2.75) is 38.8 Å². The summed E-state index contributed by atoms with van der Waals surface area (Å²) in [6.07, 6.45) is -4.51. The molecular formula is C43H39F3N4O7. The number of rotatable bonds is 8. The summed E-state index contributed by atoms with van der Waals surface area (Å²) in [4.78, 5) is 55.9. The second-order valence-corrected chi connectivity index (χ2v) is 14.1. The molecule has 1 aromatic heterocycles. The van der Waals surface area contributed by atoms with Crippen LogP contribution in [0.4, 0.5) is 13.2 Å². The zero-order chi connectivity index (χ0) is 41.0. The fourth-order valence-electron chi connectivity index (χ4n) is 6.17. The molecule has 5 aromatic rings. The molecule has 2 saturated heterocycles.